The summed E-state index contributed by atoms with van der Waals surface area (Å²) < 4.78 is 16.2. The Morgan fingerprint density at radius 1 is 0.844 bits per heavy atom. The molecule has 0 atom stereocenters. The van der Waals surface area contributed by atoms with Gasteiger partial charge in [0.1, 0.15) is 0 Å². The van der Waals surface area contributed by atoms with Gasteiger partial charge in [0.2, 0.25) is 5.75 Å². The predicted molar refractivity (Wildman–Crippen MR) is 129 cm³/mol. The molecule has 6 heteroatoms. The summed E-state index contributed by atoms with van der Waals surface area (Å²) >= 11 is 0. The van der Waals surface area contributed by atoms with Gasteiger partial charge in [-0.1, -0.05) is 24.3 Å². The highest BCUT2D eigenvalue weighted by atomic mass is 16.5. The summed E-state index contributed by atoms with van der Waals surface area (Å²) in [5.41, 5.74) is 9.62. The van der Waals surface area contributed by atoms with Crippen LogP contribution in [-0.2, 0) is 0 Å². The number of methoxy groups -OCH3 is 3. The van der Waals surface area contributed by atoms with Crippen molar-refractivity contribution in [3.05, 3.63) is 89.6 Å². The van der Waals surface area contributed by atoms with Crippen molar-refractivity contribution in [2.45, 2.75) is 0 Å². The molecule has 0 bridgehead atoms. The molecule has 3 N–H and O–H groups in total. The lowest BCUT2D eigenvalue weighted by Crippen LogP contribution is -1.97. The fraction of sp³-hybridized carbons (Fsp3) is 0.115. The Balaban J connectivity index is 1.70. The van der Waals surface area contributed by atoms with Gasteiger partial charge in [-0.2, -0.15) is 0 Å². The average molecular weight is 431 g/mol. The number of allylic oxidation sites excluding steroid dienone is 1. The summed E-state index contributed by atoms with van der Waals surface area (Å²) in [4.78, 5) is 12.2. The van der Waals surface area contributed by atoms with E-state index in [0.717, 1.165) is 16.8 Å². The molecule has 3 aromatic carbocycles. The predicted octanol–water partition coefficient (Wildman–Crippen LogP) is 5.27. The second kappa shape index (κ2) is 10.7. The van der Waals surface area contributed by atoms with Crippen LogP contribution >= 0.6 is 0 Å². The summed E-state index contributed by atoms with van der Waals surface area (Å²) in [5.74, 6) is 1.64. The highest BCUT2D eigenvalue weighted by Gasteiger charge is 2.11. The molecular weight excluding hydrogens is 404 g/mol. The molecule has 0 unspecified atom stereocenters. The molecule has 0 saturated heterocycles. The number of nitrogens with two attached hydrogens (primary N) is 1. The summed E-state index contributed by atoms with van der Waals surface area (Å²) in [7, 11) is 4.75. The van der Waals surface area contributed by atoms with E-state index in [1.807, 2.05) is 48.6 Å². The molecule has 3 aromatic rings. The van der Waals surface area contributed by atoms with Gasteiger partial charge in [0.15, 0.2) is 17.3 Å². The fourth-order valence-electron chi connectivity index (χ4n) is 3.08. The van der Waals surface area contributed by atoms with Gasteiger partial charge in [-0.05, 0) is 59.7 Å². The third kappa shape index (κ3) is 5.70. The normalized spacial score (nSPS) is 11.0. The number of anilines is 2. The van der Waals surface area contributed by atoms with Crippen molar-refractivity contribution in [2.24, 2.45) is 0 Å². The second-order valence-electron chi connectivity index (χ2n) is 6.88. The van der Waals surface area contributed by atoms with Crippen LogP contribution in [0, 0.1) is 0 Å². The number of hydrogen-bond donors (Lipinski definition) is 2. The maximum atomic E-state index is 12.2. The number of ether oxygens (including phenoxy) is 3. The van der Waals surface area contributed by atoms with Gasteiger partial charge < -0.3 is 25.3 Å². The van der Waals surface area contributed by atoms with E-state index < -0.39 is 0 Å². The molecule has 32 heavy (non-hydrogen) atoms. The molecule has 0 radical (unpaired) electrons. The van der Waals surface area contributed by atoms with Crippen LogP contribution in [0.15, 0.2) is 72.9 Å². The van der Waals surface area contributed by atoms with Crippen LogP contribution in [0.3, 0.4) is 0 Å². The summed E-state index contributed by atoms with van der Waals surface area (Å²) in [6.45, 7) is 0. The van der Waals surface area contributed by atoms with E-state index in [-0.39, 0.29) is 5.78 Å². The Hall–Kier alpha value is -4.19. The first-order valence-electron chi connectivity index (χ1n) is 9.95. The highest BCUT2D eigenvalue weighted by molar-refractivity contribution is 6.04. The Kier molecular flexibility index (Phi) is 7.54. The van der Waals surface area contributed by atoms with Crippen molar-refractivity contribution >= 4 is 29.3 Å². The Labute approximate surface area is 187 Å². The van der Waals surface area contributed by atoms with Crippen LogP contribution in [0.25, 0.3) is 12.2 Å². The number of benzene rings is 3. The maximum Gasteiger partial charge on any atom is 0.203 e. The van der Waals surface area contributed by atoms with Crippen LogP contribution in [0.1, 0.15) is 21.5 Å². The molecule has 3 rings (SSSR count). The SMILES string of the molecule is COc1cc(C=Cc2cccc(N/C=C\C(=O)c3ccc(N)cc3)c2)cc(OC)c1OC. The van der Waals surface area contributed by atoms with E-state index in [2.05, 4.69) is 5.32 Å². The first-order chi connectivity index (χ1) is 15.5. The molecule has 0 aliphatic heterocycles. The largest absolute Gasteiger partial charge is 0.493 e. The average Bonchev–Trinajstić information content (AvgIpc) is 2.82. The molecule has 0 amide bonds. The van der Waals surface area contributed by atoms with Crippen molar-refractivity contribution in [1.29, 1.82) is 0 Å². The van der Waals surface area contributed by atoms with Crippen molar-refractivity contribution in [3.63, 3.8) is 0 Å². The molecular formula is C26H26N2O4. The smallest absolute Gasteiger partial charge is 0.203 e. The van der Waals surface area contributed by atoms with Crippen LogP contribution in [-0.4, -0.2) is 27.1 Å². The first kappa shape index (κ1) is 22.5. The lowest BCUT2D eigenvalue weighted by atomic mass is 10.1. The van der Waals surface area contributed by atoms with Crippen molar-refractivity contribution in [1.82, 2.24) is 0 Å². The molecule has 0 aliphatic rings. The minimum Gasteiger partial charge on any atom is -0.493 e. The molecule has 0 saturated carbocycles. The summed E-state index contributed by atoms with van der Waals surface area (Å²) in [6.07, 6.45) is 7.06. The second-order valence-corrected chi connectivity index (χ2v) is 6.88. The van der Waals surface area contributed by atoms with E-state index in [4.69, 9.17) is 19.9 Å². The number of nitrogens with one attached hydrogen (secondary N) is 1. The Morgan fingerprint density at radius 3 is 2.12 bits per heavy atom. The van der Waals surface area contributed by atoms with E-state index in [1.54, 1.807) is 51.8 Å². The van der Waals surface area contributed by atoms with Gasteiger partial charge in [0.25, 0.3) is 0 Å². The zero-order valence-corrected chi connectivity index (χ0v) is 18.3. The van der Waals surface area contributed by atoms with Gasteiger partial charge >= 0.3 is 0 Å². The Bertz CT molecular complexity index is 1110. The standard InChI is InChI=1S/C26H26N2O4/c1-30-24-16-19(17-25(31-2)26(24)32-3)8-7-18-5-4-6-22(15-18)28-14-13-23(29)20-9-11-21(27)12-10-20/h4-17,28H,27H2,1-3H3/b8-7?,14-13-. The van der Waals surface area contributed by atoms with Crippen molar-refractivity contribution in [3.8, 4) is 17.2 Å². The number of rotatable bonds is 9. The van der Waals surface area contributed by atoms with Gasteiger partial charge in [0, 0.05) is 29.2 Å². The lowest BCUT2D eigenvalue weighted by Gasteiger charge is -2.12. The van der Waals surface area contributed by atoms with Gasteiger partial charge in [-0.25, -0.2) is 0 Å². The van der Waals surface area contributed by atoms with Crippen LogP contribution in [0.2, 0.25) is 0 Å². The minimum atomic E-state index is -0.101. The summed E-state index contributed by atoms with van der Waals surface area (Å²) in [6, 6.07) is 18.4. The molecule has 0 spiro atoms. The third-order valence-corrected chi connectivity index (χ3v) is 4.72. The summed E-state index contributed by atoms with van der Waals surface area (Å²) in [5, 5.41) is 3.13. The molecule has 6 nitrogen and oxygen atoms in total. The van der Waals surface area contributed by atoms with Gasteiger partial charge in [-0.3, -0.25) is 4.79 Å². The monoisotopic (exact) mass is 430 g/mol. The molecule has 0 aliphatic carbocycles. The zero-order chi connectivity index (χ0) is 22.9. The van der Waals surface area contributed by atoms with Gasteiger partial charge in [0.05, 0.1) is 21.3 Å². The first-order valence-corrected chi connectivity index (χ1v) is 9.95. The number of hydrogen-bond acceptors (Lipinski definition) is 6. The van der Waals surface area contributed by atoms with Crippen LogP contribution in [0.5, 0.6) is 17.2 Å². The topological polar surface area (TPSA) is 82.8 Å². The quantitative estimate of drug-likeness (QED) is 0.208. The highest BCUT2D eigenvalue weighted by Crippen LogP contribution is 2.38. The molecule has 0 aromatic heterocycles. The molecule has 164 valence electrons. The van der Waals surface area contributed by atoms with Crippen LogP contribution in [0.4, 0.5) is 11.4 Å². The van der Waals surface area contributed by atoms with Gasteiger partial charge in [-0.15, -0.1) is 0 Å². The fourth-order valence-corrected chi connectivity index (χ4v) is 3.08. The lowest BCUT2D eigenvalue weighted by molar-refractivity contribution is 0.104. The van der Waals surface area contributed by atoms with E-state index in [1.165, 1.54) is 6.08 Å². The zero-order valence-electron chi connectivity index (χ0n) is 18.3. The number of ketones is 1. The third-order valence-electron chi connectivity index (χ3n) is 4.72. The number of carbonyl (C=O) groups excluding carboxylic acids is 1. The van der Waals surface area contributed by atoms with Crippen molar-refractivity contribution < 1.29 is 19.0 Å². The molecule has 0 heterocycles. The van der Waals surface area contributed by atoms with Crippen LogP contribution < -0.4 is 25.3 Å². The van der Waals surface area contributed by atoms with E-state index in [0.29, 0.717) is 28.5 Å². The number of carbonyl (C=O) groups is 1. The molecule has 0 fully saturated rings. The minimum absolute atomic E-state index is 0.101. The maximum absolute atomic E-state index is 12.2. The van der Waals surface area contributed by atoms with Crippen molar-refractivity contribution in [2.75, 3.05) is 32.4 Å². The Morgan fingerprint density at radius 2 is 1.50 bits per heavy atom. The van der Waals surface area contributed by atoms with E-state index in [9.17, 15) is 4.79 Å². The number of nitrogen functional groups attached to an aromatic ring is 1. The van der Waals surface area contributed by atoms with E-state index >= 15 is 0 Å².